The standard InChI is InChI=1S/C8H8N6OS3/c1-16-7-12-13-8(18-7)17-6-4(5(9)14-15)2-3-10-11-6/h2-3,15H,1H3,(H2,9,14). The first-order chi connectivity index (χ1) is 8.74. The summed E-state index contributed by atoms with van der Waals surface area (Å²) in [5.74, 6) is -0.0120. The zero-order chi connectivity index (χ0) is 13.0. The third-order valence-corrected chi connectivity index (χ3v) is 4.76. The van der Waals surface area contributed by atoms with Crippen LogP contribution in [0, 0.1) is 0 Å². The van der Waals surface area contributed by atoms with Gasteiger partial charge >= 0.3 is 0 Å². The van der Waals surface area contributed by atoms with Gasteiger partial charge < -0.3 is 10.9 Å². The van der Waals surface area contributed by atoms with Crippen LogP contribution in [0.1, 0.15) is 5.56 Å². The van der Waals surface area contributed by atoms with E-state index in [4.69, 9.17) is 10.9 Å². The van der Waals surface area contributed by atoms with E-state index in [0.29, 0.717) is 10.6 Å². The summed E-state index contributed by atoms with van der Waals surface area (Å²) in [7, 11) is 0. The van der Waals surface area contributed by atoms with Crippen molar-refractivity contribution in [2.24, 2.45) is 10.9 Å². The van der Waals surface area contributed by atoms with Crippen molar-refractivity contribution >= 4 is 40.7 Å². The van der Waals surface area contributed by atoms with Crippen molar-refractivity contribution in [3.63, 3.8) is 0 Å². The molecule has 0 aliphatic heterocycles. The summed E-state index contributed by atoms with van der Waals surface area (Å²) < 4.78 is 1.60. The highest BCUT2D eigenvalue weighted by molar-refractivity contribution is 8.03. The lowest BCUT2D eigenvalue weighted by atomic mass is 10.3. The third kappa shape index (κ3) is 2.89. The SMILES string of the molecule is CSc1nnc(Sc2nnccc2/C(N)=N/O)s1. The molecular formula is C8H8N6OS3. The fraction of sp³-hybridized carbons (Fsp3) is 0.125. The van der Waals surface area contributed by atoms with Crippen LogP contribution in [0.15, 0.2) is 31.1 Å². The number of aromatic nitrogens is 4. The van der Waals surface area contributed by atoms with Gasteiger partial charge in [-0.15, -0.1) is 15.3 Å². The lowest BCUT2D eigenvalue weighted by molar-refractivity contribution is 0.318. The molecule has 10 heteroatoms. The van der Waals surface area contributed by atoms with Crippen molar-refractivity contribution in [1.82, 2.24) is 20.4 Å². The molecule has 0 saturated carbocycles. The highest BCUT2D eigenvalue weighted by atomic mass is 32.2. The van der Waals surface area contributed by atoms with E-state index in [1.54, 1.807) is 6.07 Å². The summed E-state index contributed by atoms with van der Waals surface area (Å²) in [5, 5.41) is 27.9. The number of hydrogen-bond donors (Lipinski definition) is 2. The molecule has 7 nitrogen and oxygen atoms in total. The summed E-state index contributed by atoms with van der Waals surface area (Å²) in [6, 6.07) is 1.63. The van der Waals surface area contributed by atoms with Crippen molar-refractivity contribution in [2.45, 2.75) is 13.7 Å². The summed E-state index contributed by atoms with van der Waals surface area (Å²) >= 11 is 4.25. The van der Waals surface area contributed by atoms with Crippen molar-refractivity contribution in [3.05, 3.63) is 17.8 Å². The Bertz CT molecular complexity index is 571. The van der Waals surface area contributed by atoms with E-state index in [1.165, 1.54) is 41.1 Å². The maximum Gasteiger partial charge on any atom is 0.181 e. The molecular weight excluding hydrogens is 292 g/mol. The molecule has 2 aromatic rings. The second kappa shape index (κ2) is 5.98. The zero-order valence-corrected chi connectivity index (χ0v) is 11.6. The maximum absolute atomic E-state index is 8.70. The molecule has 0 aliphatic carbocycles. The summed E-state index contributed by atoms with van der Waals surface area (Å²) in [6.07, 6.45) is 3.41. The number of rotatable bonds is 4. The van der Waals surface area contributed by atoms with Crippen LogP contribution in [0.4, 0.5) is 0 Å². The van der Waals surface area contributed by atoms with Gasteiger partial charge in [0, 0.05) is 0 Å². The minimum Gasteiger partial charge on any atom is -0.409 e. The topological polar surface area (TPSA) is 110 Å². The van der Waals surface area contributed by atoms with Gasteiger partial charge in [0.2, 0.25) is 0 Å². The Kier molecular flexibility index (Phi) is 4.33. The Hall–Kier alpha value is -1.39. The quantitative estimate of drug-likeness (QED) is 0.286. The Balaban J connectivity index is 2.28. The van der Waals surface area contributed by atoms with Gasteiger partial charge in [0.05, 0.1) is 11.8 Å². The lowest BCUT2D eigenvalue weighted by Gasteiger charge is -2.02. The normalized spacial score (nSPS) is 11.7. The average Bonchev–Trinajstić information content (AvgIpc) is 2.86. The molecule has 0 radical (unpaired) electrons. The predicted octanol–water partition coefficient (Wildman–Crippen LogP) is 1.30. The third-order valence-electron chi connectivity index (χ3n) is 1.82. The summed E-state index contributed by atoms with van der Waals surface area (Å²) in [4.78, 5) is 0. The Morgan fingerprint density at radius 2 is 2.17 bits per heavy atom. The van der Waals surface area contributed by atoms with Gasteiger partial charge in [-0.1, -0.05) is 28.3 Å². The van der Waals surface area contributed by atoms with Crippen LogP contribution in [0.25, 0.3) is 0 Å². The number of nitrogens with zero attached hydrogens (tertiary/aromatic N) is 5. The molecule has 0 aromatic carbocycles. The van der Waals surface area contributed by atoms with Crippen LogP contribution in [0.5, 0.6) is 0 Å². The number of thioether (sulfide) groups is 1. The van der Waals surface area contributed by atoms with Crippen LogP contribution in [0.2, 0.25) is 0 Å². The summed E-state index contributed by atoms with van der Waals surface area (Å²) in [5.41, 5.74) is 6.07. The fourth-order valence-corrected chi connectivity index (χ4v) is 3.47. The van der Waals surface area contributed by atoms with Crippen molar-refractivity contribution in [2.75, 3.05) is 6.26 Å². The number of amidine groups is 1. The van der Waals surface area contributed by atoms with Gasteiger partial charge in [-0.05, 0) is 24.1 Å². The molecule has 0 fully saturated rings. The van der Waals surface area contributed by atoms with E-state index in [9.17, 15) is 0 Å². The molecule has 2 aromatic heterocycles. The van der Waals surface area contributed by atoms with Gasteiger partial charge in [0.15, 0.2) is 14.5 Å². The minimum atomic E-state index is -0.0120. The average molecular weight is 300 g/mol. The first-order valence-electron chi connectivity index (χ1n) is 4.59. The van der Waals surface area contributed by atoms with Crippen molar-refractivity contribution in [1.29, 1.82) is 0 Å². The Labute approximate surface area is 115 Å². The monoisotopic (exact) mass is 300 g/mol. The fourth-order valence-electron chi connectivity index (χ4n) is 1.05. The van der Waals surface area contributed by atoms with Crippen LogP contribution in [-0.2, 0) is 0 Å². The second-order valence-electron chi connectivity index (χ2n) is 2.88. The lowest BCUT2D eigenvalue weighted by Crippen LogP contribution is -2.15. The maximum atomic E-state index is 8.70. The molecule has 0 bridgehead atoms. The number of oxime groups is 1. The molecule has 18 heavy (non-hydrogen) atoms. The van der Waals surface area contributed by atoms with E-state index < -0.39 is 0 Å². The van der Waals surface area contributed by atoms with E-state index in [0.717, 1.165) is 8.68 Å². The molecule has 0 atom stereocenters. The molecule has 0 amide bonds. The molecule has 2 heterocycles. The largest absolute Gasteiger partial charge is 0.409 e. The van der Waals surface area contributed by atoms with Crippen LogP contribution in [-0.4, -0.2) is 37.7 Å². The van der Waals surface area contributed by atoms with Gasteiger partial charge in [0.1, 0.15) is 5.03 Å². The highest BCUT2D eigenvalue weighted by Crippen LogP contribution is 2.32. The van der Waals surface area contributed by atoms with E-state index >= 15 is 0 Å². The van der Waals surface area contributed by atoms with Gasteiger partial charge in [-0.2, -0.15) is 5.10 Å². The van der Waals surface area contributed by atoms with Crippen LogP contribution >= 0.6 is 34.9 Å². The Morgan fingerprint density at radius 3 is 2.83 bits per heavy atom. The van der Waals surface area contributed by atoms with E-state index in [1.807, 2.05) is 6.26 Å². The first kappa shape index (κ1) is 13.1. The predicted molar refractivity (Wildman–Crippen MR) is 70.4 cm³/mol. The van der Waals surface area contributed by atoms with Gasteiger partial charge in [0.25, 0.3) is 0 Å². The smallest absolute Gasteiger partial charge is 0.181 e. The second-order valence-corrected chi connectivity index (χ2v) is 6.14. The highest BCUT2D eigenvalue weighted by Gasteiger charge is 2.13. The van der Waals surface area contributed by atoms with Crippen molar-refractivity contribution < 1.29 is 5.21 Å². The molecule has 2 rings (SSSR count). The molecule has 0 saturated heterocycles. The van der Waals surface area contributed by atoms with Crippen LogP contribution in [0.3, 0.4) is 0 Å². The molecule has 94 valence electrons. The van der Waals surface area contributed by atoms with Gasteiger partial charge in [-0.25, -0.2) is 0 Å². The molecule has 0 aliphatic rings. The molecule has 3 N–H and O–H groups in total. The first-order valence-corrected chi connectivity index (χ1v) is 7.45. The van der Waals surface area contributed by atoms with Crippen LogP contribution < -0.4 is 5.73 Å². The molecule has 0 unspecified atom stereocenters. The van der Waals surface area contributed by atoms with Crippen molar-refractivity contribution in [3.8, 4) is 0 Å². The van der Waals surface area contributed by atoms with E-state index in [-0.39, 0.29) is 5.84 Å². The Morgan fingerprint density at radius 1 is 1.39 bits per heavy atom. The molecule has 0 spiro atoms. The summed E-state index contributed by atoms with van der Waals surface area (Å²) in [6.45, 7) is 0. The zero-order valence-electron chi connectivity index (χ0n) is 9.14. The number of hydrogen-bond acceptors (Lipinski definition) is 9. The minimum absolute atomic E-state index is 0.0120. The van der Waals surface area contributed by atoms with E-state index in [2.05, 4.69) is 25.6 Å². The number of nitrogens with two attached hydrogens (primary N) is 1. The van der Waals surface area contributed by atoms with Gasteiger partial charge in [-0.3, -0.25) is 0 Å².